The number of anilines is 1. The number of nitrogens with one attached hydrogen (secondary N) is 1. The molecule has 1 amide bonds. The standard InChI is InChI=1S/C20H12N4O3/c1-21-15-7-2-5-13(11-15)18(25)22-16-8-3-6-14(12-16)19-23-24-20(27-19)17-9-4-10-26-17/h2-12H,(H,22,25). The molecule has 2 aromatic carbocycles. The van der Waals surface area contributed by atoms with E-state index >= 15 is 0 Å². The zero-order valence-electron chi connectivity index (χ0n) is 13.9. The summed E-state index contributed by atoms with van der Waals surface area (Å²) in [6.45, 7) is 7.04. The Bertz CT molecular complexity index is 1140. The molecule has 0 spiro atoms. The Morgan fingerprint density at radius 1 is 1.00 bits per heavy atom. The van der Waals surface area contributed by atoms with Crippen LogP contribution in [0.3, 0.4) is 0 Å². The van der Waals surface area contributed by atoms with Gasteiger partial charge in [-0.15, -0.1) is 10.2 Å². The van der Waals surface area contributed by atoms with Crippen molar-refractivity contribution in [3.8, 4) is 23.1 Å². The van der Waals surface area contributed by atoms with Crippen LogP contribution >= 0.6 is 0 Å². The van der Waals surface area contributed by atoms with Gasteiger partial charge in [0.15, 0.2) is 11.4 Å². The van der Waals surface area contributed by atoms with E-state index in [1.54, 1.807) is 60.7 Å². The molecule has 7 heteroatoms. The minimum absolute atomic E-state index is 0.278. The summed E-state index contributed by atoms with van der Waals surface area (Å²) in [7, 11) is 0. The van der Waals surface area contributed by atoms with Crippen molar-refractivity contribution in [3.63, 3.8) is 0 Å². The summed E-state index contributed by atoms with van der Waals surface area (Å²) in [4.78, 5) is 15.7. The predicted octanol–water partition coefficient (Wildman–Crippen LogP) is 4.80. The van der Waals surface area contributed by atoms with Crippen molar-refractivity contribution < 1.29 is 13.6 Å². The normalized spacial score (nSPS) is 10.3. The van der Waals surface area contributed by atoms with Crippen LogP contribution in [0.5, 0.6) is 0 Å². The van der Waals surface area contributed by atoms with E-state index in [9.17, 15) is 4.79 Å². The highest BCUT2D eigenvalue weighted by atomic mass is 16.4. The van der Waals surface area contributed by atoms with Gasteiger partial charge in [-0.05, 0) is 36.4 Å². The highest BCUT2D eigenvalue weighted by Gasteiger charge is 2.13. The van der Waals surface area contributed by atoms with E-state index in [2.05, 4.69) is 20.4 Å². The maximum atomic E-state index is 12.4. The van der Waals surface area contributed by atoms with Gasteiger partial charge in [0, 0.05) is 16.8 Å². The largest absolute Gasteiger partial charge is 0.459 e. The van der Waals surface area contributed by atoms with Crippen LogP contribution in [-0.2, 0) is 0 Å². The highest BCUT2D eigenvalue weighted by Crippen LogP contribution is 2.26. The molecule has 2 heterocycles. The van der Waals surface area contributed by atoms with Crippen molar-refractivity contribution in [1.29, 1.82) is 0 Å². The fraction of sp³-hybridized carbons (Fsp3) is 0. The summed E-state index contributed by atoms with van der Waals surface area (Å²) in [6, 6.07) is 17.0. The minimum Gasteiger partial charge on any atom is -0.459 e. The number of carbonyl (C=O) groups excluding carboxylic acids is 1. The third-order valence-corrected chi connectivity index (χ3v) is 3.76. The van der Waals surface area contributed by atoms with Gasteiger partial charge in [0.1, 0.15) is 0 Å². The van der Waals surface area contributed by atoms with Crippen molar-refractivity contribution in [2.75, 3.05) is 5.32 Å². The average Bonchev–Trinajstić information content (AvgIpc) is 3.40. The maximum Gasteiger partial charge on any atom is 0.283 e. The summed E-state index contributed by atoms with van der Waals surface area (Å²) in [5.74, 6) is 0.769. The monoisotopic (exact) mass is 356 g/mol. The molecule has 0 bridgehead atoms. The van der Waals surface area contributed by atoms with Crippen LogP contribution in [0.15, 0.2) is 75.8 Å². The molecule has 27 heavy (non-hydrogen) atoms. The fourth-order valence-corrected chi connectivity index (χ4v) is 2.49. The van der Waals surface area contributed by atoms with Crippen molar-refractivity contribution in [2.45, 2.75) is 0 Å². The van der Waals surface area contributed by atoms with E-state index in [4.69, 9.17) is 15.4 Å². The molecule has 0 saturated heterocycles. The molecule has 4 aromatic rings. The zero-order chi connectivity index (χ0) is 18.6. The van der Waals surface area contributed by atoms with Gasteiger partial charge in [-0.3, -0.25) is 4.79 Å². The SMILES string of the molecule is [C-]#[N+]c1cccc(C(=O)Nc2cccc(-c3nnc(-c4ccco4)o3)c2)c1. The molecule has 0 aliphatic heterocycles. The second-order valence-electron chi connectivity index (χ2n) is 5.59. The average molecular weight is 356 g/mol. The lowest BCUT2D eigenvalue weighted by Gasteiger charge is -2.06. The molecule has 2 aromatic heterocycles. The van der Waals surface area contributed by atoms with Gasteiger partial charge in [0.2, 0.25) is 5.89 Å². The number of carbonyl (C=O) groups is 1. The quantitative estimate of drug-likeness (QED) is 0.531. The Labute approximate surface area is 154 Å². The second kappa shape index (κ2) is 6.98. The first-order valence-electron chi connectivity index (χ1n) is 7.99. The van der Waals surface area contributed by atoms with E-state index in [1.165, 1.54) is 6.26 Å². The van der Waals surface area contributed by atoms with Crippen LogP contribution < -0.4 is 5.32 Å². The zero-order valence-corrected chi connectivity index (χ0v) is 13.9. The van der Waals surface area contributed by atoms with Gasteiger partial charge in [-0.25, -0.2) is 4.85 Å². The first-order chi connectivity index (χ1) is 13.2. The van der Waals surface area contributed by atoms with Crippen LogP contribution in [0.2, 0.25) is 0 Å². The van der Waals surface area contributed by atoms with Crippen LogP contribution in [0, 0.1) is 6.57 Å². The first-order valence-corrected chi connectivity index (χ1v) is 7.99. The van der Waals surface area contributed by atoms with E-state index in [1.807, 2.05) is 0 Å². The summed E-state index contributed by atoms with van der Waals surface area (Å²) < 4.78 is 10.9. The molecule has 0 radical (unpaired) electrons. The van der Waals surface area contributed by atoms with Crippen molar-refractivity contribution >= 4 is 17.3 Å². The Kier molecular flexibility index (Phi) is 4.21. The van der Waals surface area contributed by atoms with Gasteiger partial charge in [-0.1, -0.05) is 24.3 Å². The number of rotatable bonds is 4. The van der Waals surface area contributed by atoms with Gasteiger partial charge in [-0.2, -0.15) is 0 Å². The Balaban J connectivity index is 1.56. The molecule has 0 aliphatic rings. The molecule has 0 fully saturated rings. The molecule has 1 N–H and O–H groups in total. The summed E-state index contributed by atoms with van der Waals surface area (Å²) in [5.41, 5.74) is 2.05. The van der Waals surface area contributed by atoms with Crippen LogP contribution in [0.4, 0.5) is 11.4 Å². The van der Waals surface area contributed by atoms with Gasteiger partial charge in [0.05, 0.1) is 12.8 Å². The molecular formula is C20H12N4O3. The maximum absolute atomic E-state index is 12.4. The lowest BCUT2D eigenvalue weighted by atomic mass is 10.1. The number of aromatic nitrogens is 2. The van der Waals surface area contributed by atoms with Crippen molar-refractivity contribution in [1.82, 2.24) is 10.2 Å². The highest BCUT2D eigenvalue weighted by molar-refractivity contribution is 6.05. The Morgan fingerprint density at radius 3 is 2.67 bits per heavy atom. The van der Waals surface area contributed by atoms with Crippen LogP contribution in [0.25, 0.3) is 28.0 Å². The minimum atomic E-state index is -0.306. The lowest BCUT2D eigenvalue weighted by Crippen LogP contribution is -2.11. The van der Waals surface area contributed by atoms with Crippen LogP contribution in [-0.4, -0.2) is 16.1 Å². The summed E-state index contributed by atoms with van der Waals surface area (Å²) in [5, 5.41) is 10.8. The first kappa shape index (κ1) is 16.3. The van der Waals surface area contributed by atoms with Gasteiger partial charge < -0.3 is 14.2 Å². The van der Waals surface area contributed by atoms with Gasteiger partial charge in [0.25, 0.3) is 11.8 Å². The molecule has 0 aliphatic carbocycles. The number of amides is 1. The van der Waals surface area contributed by atoms with Crippen molar-refractivity contribution in [2.24, 2.45) is 0 Å². The molecular weight excluding hydrogens is 344 g/mol. The molecule has 130 valence electrons. The topological polar surface area (TPSA) is 85.5 Å². The van der Waals surface area contributed by atoms with Crippen LogP contribution in [0.1, 0.15) is 10.4 Å². The molecule has 0 saturated carbocycles. The fourth-order valence-electron chi connectivity index (χ4n) is 2.49. The molecule has 0 atom stereocenters. The smallest absolute Gasteiger partial charge is 0.283 e. The predicted molar refractivity (Wildman–Crippen MR) is 98.1 cm³/mol. The van der Waals surface area contributed by atoms with E-state index in [-0.39, 0.29) is 11.8 Å². The Morgan fingerprint density at radius 2 is 1.85 bits per heavy atom. The number of nitrogens with zero attached hydrogens (tertiary/aromatic N) is 3. The molecule has 7 nitrogen and oxygen atoms in total. The lowest BCUT2D eigenvalue weighted by molar-refractivity contribution is 0.102. The number of benzene rings is 2. The Hall–Kier alpha value is -4.18. The number of hydrogen-bond donors (Lipinski definition) is 1. The molecule has 0 unspecified atom stereocenters. The second-order valence-corrected chi connectivity index (χ2v) is 5.59. The van der Waals surface area contributed by atoms with E-state index < -0.39 is 0 Å². The molecule has 4 rings (SSSR count). The van der Waals surface area contributed by atoms with Crippen molar-refractivity contribution in [3.05, 3.63) is 83.9 Å². The van der Waals surface area contributed by atoms with Gasteiger partial charge >= 0.3 is 0 Å². The van der Waals surface area contributed by atoms with E-state index in [0.29, 0.717) is 34.2 Å². The summed E-state index contributed by atoms with van der Waals surface area (Å²) >= 11 is 0. The third-order valence-electron chi connectivity index (χ3n) is 3.76. The third kappa shape index (κ3) is 3.45. The summed E-state index contributed by atoms with van der Waals surface area (Å²) in [6.07, 6.45) is 1.53. The van der Waals surface area contributed by atoms with E-state index in [0.717, 1.165) is 0 Å². The number of hydrogen-bond acceptors (Lipinski definition) is 5. The number of furan rings is 1.